The monoisotopic (exact) mass is 477 g/mol. The van der Waals surface area contributed by atoms with Crippen molar-refractivity contribution in [2.24, 2.45) is 5.92 Å². The molecule has 8 nitrogen and oxygen atoms in total. The number of nitrogens with zero attached hydrogens (tertiary/aromatic N) is 1. The van der Waals surface area contributed by atoms with Crippen LogP contribution in [0.2, 0.25) is 0 Å². The molecule has 8 heteroatoms. The van der Waals surface area contributed by atoms with Crippen LogP contribution in [0.5, 0.6) is 0 Å². The number of carbonyl (C=O) groups excluding carboxylic acids is 2. The first-order valence-corrected chi connectivity index (χ1v) is 11.9. The molecule has 0 heterocycles. The van der Waals surface area contributed by atoms with Gasteiger partial charge in [0, 0.05) is 12.3 Å². The second-order valence-corrected chi connectivity index (χ2v) is 8.78. The lowest BCUT2D eigenvalue weighted by atomic mass is 9.98. The highest BCUT2D eigenvalue weighted by Crippen LogP contribution is 2.44. The van der Waals surface area contributed by atoms with Gasteiger partial charge < -0.3 is 20.5 Å². The van der Waals surface area contributed by atoms with Crippen LogP contribution in [-0.4, -0.2) is 41.8 Å². The van der Waals surface area contributed by atoms with Crippen LogP contribution in [0.15, 0.2) is 48.5 Å². The number of hydrogen-bond donors (Lipinski definition) is 3. The molecular weight excluding hydrogens is 446 g/mol. The number of hydrogen-bond acceptors (Lipinski definition) is 5. The molecule has 3 rings (SSSR count). The molecule has 0 fully saturated rings. The minimum absolute atomic E-state index is 0.0943. The van der Waals surface area contributed by atoms with Crippen molar-refractivity contribution >= 4 is 18.0 Å². The number of benzene rings is 2. The molecule has 1 aliphatic rings. The lowest BCUT2D eigenvalue weighted by molar-refractivity contribution is -0.143. The average molecular weight is 478 g/mol. The summed E-state index contributed by atoms with van der Waals surface area (Å²) in [6, 6.07) is 15.9. The van der Waals surface area contributed by atoms with Crippen molar-refractivity contribution in [3.05, 3.63) is 59.7 Å². The Morgan fingerprint density at radius 1 is 1.06 bits per heavy atom. The molecular formula is C27H31N3O5. The molecule has 184 valence electrons. The van der Waals surface area contributed by atoms with Crippen LogP contribution in [0.3, 0.4) is 0 Å². The number of carboxylic acid groups (broad SMARTS) is 1. The molecule has 2 aromatic rings. The van der Waals surface area contributed by atoms with Gasteiger partial charge >= 0.3 is 12.1 Å². The summed E-state index contributed by atoms with van der Waals surface area (Å²) < 4.78 is 5.54. The third kappa shape index (κ3) is 6.18. The molecule has 1 aliphatic carbocycles. The number of carboxylic acids is 1. The van der Waals surface area contributed by atoms with Gasteiger partial charge in [-0.2, -0.15) is 5.26 Å². The van der Waals surface area contributed by atoms with Gasteiger partial charge in [0.1, 0.15) is 18.7 Å². The number of carbonyl (C=O) groups is 3. The molecule has 2 aromatic carbocycles. The zero-order chi connectivity index (χ0) is 25.4. The normalized spacial score (nSPS) is 14.5. The van der Waals surface area contributed by atoms with E-state index in [-0.39, 0.29) is 31.3 Å². The van der Waals surface area contributed by atoms with E-state index in [4.69, 9.17) is 10.00 Å². The van der Waals surface area contributed by atoms with E-state index in [0.29, 0.717) is 12.8 Å². The number of fused-ring (bicyclic) bond motifs is 3. The summed E-state index contributed by atoms with van der Waals surface area (Å²) in [5.74, 6) is -2.15. The van der Waals surface area contributed by atoms with Crippen LogP contribution in [0, 0.1) is 17.2 Å². The quantitative estimate of drug-likeness (QED) is 0.416. The Morgan fingerprint density at radius 2 is 1.66 bits per heavy atom. The summed E-state index contributed by atoms with van der Waals surface area (Å²) in [5, 5.41) is 23.4. The van der Waals surface area contributed by atoms with E-state index in [9.17, 15) is 19.5 Å². The highest BCUT2D eigenvalue weighted by atomic mass is 16.5. The molecule has 3 atom stereocenters. The van der Waals surface area contributed by atoms with E-state index in [2.05, 4.69) is 10.6 Å². The number of amides is 2. The molecule has 3 unspecified atom stereocenters. The Kier molecular flexibility index (Phi) is 8.85. The third-order valence-corrected chi connectivity index (χ3v) is 6.51. The Morgan fingerprint density at radius 3 is 2.20 bits per heavy atom. The number of nitrogens with one attached hydrogen (secondary N) is 2. The summed E-state index contributed by atoms with van der Waals surface area (Å²) >= 11 is 0. The van der Waals surface area contributed by atoms with Gasteiger partial charge in [0.2, 0.25) is 5.91 Å². The summed E-state index contributed by atoms with van der Waals surface area (Å²) in [4.78, 5) is 37.2. The number of aliphatic carboxylic acids is 1. The molecule has 3 N–H and O–H groups in total. The maximum Gasteiger partial charge on any atom is 0.407 e. The van der Waals surface area contributed by atoms with Crippen LogP contribution >= 0.6 is 0 Å². The van der Waals surface area contributed by atoms with Crippen molar-refractivity contribution in [3.63, 3.8) is 0 Å². The topological polar surface area (TPSA) is 129 Å². The maximum absolute atomic E-state index is 12.9. The van der Waals surface area contributed by atoms with Crippen molar-refractivity contribution in [1.82, 2.24) is 10.6 Å². The summed E-state index contributed by atoms with van der Waals surface area (Å²) in [6.07, 6.45) is 0.579. The van der Waals surface area contributed by atoms with Crippen molar-refractivity contribution in [3.8, 4) is 17.2 Å². The first-order chi connectivity index (χ1) is 16.9. The maximum atomic E-state index is 12.9. The first kappa shape index (κ1) is 25.8. The van der Waals surface area contributed by atoms with Gasteiger partial charge in [0.15, 0.2) is 0 Å². The lowest BCUT2D eigenvalue weighted by Gasteiger charge is -2.24. The molecule has 0 saturated heterocycles. The fraction of sp³-hybridized carbons (Fsp3) is 0.407. The van der Waals surface area contributed by atoms with Crippen molar-refractivity contribution in [1.29, 1.82) is 5.26 Å². The SMILES string of the molecule is CCC(C)C(NC(=O)C(CCCC#N)NC(=O)OCC1c2ccccc2-c2ccccc21)C(=O)O. The van der Waals surface area contributed by atoms with Gasteiger partial charge in [0.25, 0.3) is 0 Å². The predicted molar refractivity (Wildman–Crippen MR) is 130 cm³/mol. The molecule has 35 heavy (non-hydrogen) atoms. The smallest absolute Gasteiger partial charge is 0.407 e. The van der Waals surface area contributed by atoms with E-state index >= 15 is 0 Å². The second-order valence-electron chi connectivity index (χ2n) is 8.78. The summed E-state index contributed by atoms with van der Waals surface area (Å²) in [7, 11) is 0. The zero-order valence-electron chi connectivity index (χ0n) is 20.0. The van der Waals surface area contributed by atoms with Gasteiger partial charge in [-0.15, -0.1) is 0 Å². The fourth-order valence-corrected chi connectivity index (χ4v) is 4.37. The predicted octanol–water partition coefficient (Wildman–Crippen LogP) is 4.20. The third-order valence-electron chi connectivity index (χ3n) is 6.51. The van der Waals surface area contributed by atoms with Crippen LogP contribution in [0.4, 0.5) is 4.79 Å². The lowest BCUT2D eigenvalue weighted by Crippen LogP contribution is -2.53. The molecule has 0 saturated carbocycles. The molecule has 0 aliphatic heterocycles. The minimum atomic E-state index is -1.13. The molecule has 0 bridgehead atoms. The minimum Gasteiger partial charge on any atom is -0.480 e. The van der Waals surface area contributed by atoms with Gasteiger partial charge in [0.05, 0.1) is 6.07 Å². The first-order valence-electron chi connectivity index (χ1n) is 11.9. The highest BCUT2D eigenvalue weighted by Gasteiger charge is 2.31. The standard InChI is InChI=1S/C27H31N3O5/c1-3-17(2)24(26(32)33)30-25(31)23(14-8-9-15-28)29-27(34)35-16-22-20-12-6-4-10-18(20)19-11-5-7-13-21(19)22/h4-7,10-13,17,22-24H,3,8-9,14,16H2,1-2H3,(H,29,34)(H,30,31)(H,32,33). The van der Waals surface area contributed by atoms with Crippen LogP contribution in [-0.2, 0) is 14.3 Å². The van der Waals surface area contributed by atoms with Gasteiger partial charge in [-0.25, -0.2) is 9.59 Å². The van der Waals surface area contributed by atoms with E-state index in [1.165, 1.54) is 0 Å². The molecule has 0 aromatic heterocycles. The Balaban J connectivity index is 1.67. The number of unbranched alkanes of at least 4 members (excludes halogenated alkanes) is 1. The van der Waals surface area contributed by atoms with E-state index in [0.717, 1.165) is 22.3 Å². The number of alkyl carbamates (subject to hydrolysis) is 1. The van der Waals surface area contributed by atoms with Gasteiger partial charge in [-0.05, 0) is 41.0 Å². The Labute approximate surface area is 205 Å². The fourth-order valence-electron chi connectivity index (χ4n) is 4.37. The average Bonchev–Trinajstić information content (AvgIpc) is 3.18. The van der Waals surface area contributed by atoms with E-state index < -0.39 is 30.1 Å². The van der Waals surface area contributed by atoms with Gasteiger partial charge in [-0.1, -0.05) is 68.8 Å². The van der Waals surface area contributed by atoms with Crippen LogP contribution in [0.1, 0.15) is 56.6 Å². The second kappa shape index (κ2) is 12.0. The van der Waals surface area contributed by atoms with E-state index in [1.807, 2.05) is 61.5 Å². The molecule has 0 spiro atoms. The number of ether oxygens (including phenoxy) is 1. The highest BCUT2D eigenvalue weighted by molar-refractivity contribution is 5.89. The number of rotatable bonds is 11. The van der Waals surface area contributed by atoms with Gasteiger partial charge in [-0.3, -0.25) is 4.79 Å². The van der Waals surface area contributed by atoms with E-state index in [1.54, 1.807) is 6.92 Å². The number of nitriles is 1. The Hall–Kier alpha value is -3.86. The van der Waals surface area contributed by atoms with Crippen LogP contribution < -0.4 is 10.6 Å². The molecule has 0 radical (unpaired) electrons. The van der Waals surface area contributed by atoms with Crippen LogP contribution in [0.25, 0.3) is 11.1 Å². The zero-order valence-corrected chi connectivity index (χ0v) is 20.0. The molecule has 2 amide bonds. The largest absolute Gasteiger partial charge is 0.480 e. The van der Waals surface area contributed by atoms with Crippen molar-refractivity contribution in [2.75, 3.05) is 6.61 Å². The summed E-state index contributed by atoms with van der Waals surface area (Å²) in [5.41, 5.74) is 4.36. The van der Waals surface area contributed by atoms with Crippen molar-refractivity contribution < 1.29 is 24.2 Å². The van der Waals surface area contributed by atoms with Crippen molar-refractivity contribution in [2.45, 2.75) is 57.5 Å². The summed E-state index contributed by atoms with van der Waals surface area (Å²) in [6.45, 7) is 3.67. The Bertz CT molecular complexity index is 1060.